The van der Waals surface area contributed by atoms with E-state index in [0.717, 1.165) is 34.1 Å². The highest BCUT2D eigenvalue weighted by Gasteiger charge is 2.51. The molecule has 0 saturated carbocycles. The second-order valence-electron chi connectivity index (χ2n) is 14.8. The standard InChI is InChI=1S/C55H37NO/c1-3-15-38(16-4-1)39-27-31-42(32-28-39)56(43-33-29-41(30-34-43)46-20-8-7-19-45(46)40-17-5-2-6-18-40)44-35-36-52-54(37-44)57-53-26-14-13-25-51(53)55(52)49-23-11-9-21-47(49)48-22-10-12-24-50(48)55/h1-37H. The maximum Gasteiger partial charge on any atom is 0.134 e. The van der Waals surface area contributed by atoms with Gasteiger partial charge in [0, 0.05) is 34.3 Å². The average molecular weight is 728 g/mol. The SMILES string of the molecule is c1ccc(-c2ccc(N(c3ccc(-c4ccccc4-c4ccccc4)cc3)c3ccc4c(c3)Oc3ccccc3C43c4ccccc4-c4ccccc43)cc2)cc1. The van der Waals surface area contributed by atoms with E-state index in [9.17, 15) is 0 Å². The van der Waals surface area contributed by atoms with E-state index < -0.39 is 5.41 Å². The zero-order valence-electron chi connectivity index (χ0n) is 31.2. The van der Waals surface area contributed by atoms with Gasteiger partial charge in [0.25, 0.3) is 0 Å². The lowest BCUT2D eigenvalue weighted by molar-refractivity contribution is 0.436. The highest BCUT2D eigenvalue weighted by molar-refractivity contribution is 5.90. The minimum Gasteiger partial charge on any atom is -0.457 e. The van der Waals surface area contributed by atoms with Crippen LogP contribution in [-0.4, -0.2) is 0 Å². The van der Waals surface area contributed by atoms with Crippen LogP contribution in [0, 0.1) is 0 Å². The zero-order valence-corrected chi connectivity index (χ0v) is 31.2. The maximum atomic E-state index is 6.94. The number of hydrogen-bond acceptors (Lipinski definition) is 2. The fourth-order valence-corrected chi connectivity index (χ4v) is 9.26. The van der Waals surface area contributed by atoms with Gasteiger partial charge in [0.1, 0.15) is 11.5 Å². The molecule has 0 aromatic heterocycles. The fraction of sp³-hybridized carbons (Fsp3) is 0.0182. The molecule has 1 aliphatic heterocycles. The van der Waals surface area contributed by atoms with Gasteiger partial charge in [-0.2, -0.15) is 0 Å². The lowest BCUT2D eigenvalue weighted by Gasteiger charge is -2.40. The van der Waals surface area contributed by atoms with Crippen molar-refractivity contribution in [1.82, 2.24) is 0 Å². The van der Waals surface area contributed by atoms with Crippen LogP contribution in [0.15, 0.2) is 224 Å². The first-order valence-electron chi connectivity index (χ1n) is 19.6. The number of rotatable bonds is 6. The van der Waals surface area contributed by atoms with E-state index in [4.69, 9.17) is 4.74 Å². The molecule has 2 nitrogen and oxygen atoms in total. The van der Waals surface area contributed by atoms with Gasteiger partial charge in [0.15, 0.2) is 0 Å². The molecule has 0 atom stereocenters. The highest BCUT2D eigenvalue weighted by atomic mass is 16.5. The van der Waals surface area contributed by atoms with Crippen LogP contribution in [0.25, 0.3) is 44.5 Å². The summed E-state index contributed by atoms with van der Waals surface area (Å²) in [4.78, 5) is 2.34. The molecule has 0 amide bonds. The quantitative estimate of drug-likeness (QED) is 0.169. The molecule has 0 saturated heterocycles. The van der Waals surface area contributed by atoms with E-state index in [1.807, 2.05) is 0 Å². The minimum absolute atomic E-state index is 0.508. The Labute approximate surface area is 333 Å². The van der Waals surface area contributed by atoms with Crippen LogP contribution in [0.4, 0.5) is 17.1 Å². The van der Waals surface area contributed by atoms with Crippen molar-refractivity contribution in [1.29, 1.82) is 0 Å². The predicted molar refractivity (Wildman–Crippen MR) is 235 cm³/mol. The summed E-state index contributed by atoms with van der Waals surface area (Å²) in [5, 5.41) is 0. The molecule has 2 heteroatoms. The lowest BCUT2D eigenvalue weighted by atomic mass is 9.66. The highest BCUT2D eigenvalue weighted by Crippen LogP contribution is 2.62. The third kappa shape index (κ3) is 5.26. The number of benzene rings is 9. The van der Waals surface area contributed by atoms with Crippen molar-refractivity contribution in [3.8, 4) is 56.0 Å². The molecular weight excluding hydrogens is 691 g/mol. The number of anilines is 3. The maximum absolute atomic E-state index is 6.94. The van der Waals surface area contributed by atoms with E-state index in [1.54, 1.807) is 0 Å². The summed E-state index contributed by atoms with van der Waals surface area (Å²) in [6.45, 7) is 0. The topological polar surface area (TPSA) is 12.5 Å². The Morgan fingerprint density at radius 3 is 1.28 bits per heavy atom. The van der Waals surface area contributed by atoms with Gasteiger partial charge >= 0.3 is 0 Å². The molecule has 9 aromatic rings. The molecule has 0 bridgehead atoms. The molecule has 57 heavy (non-hydrogen) atoms. The van der Waals surface area contributed by atoms with Crippen LogP contribution in [0.1, 0.15) is 22.3 Å². The van der Waals surface area contributed by atoms with Crippen molar-refractivity contribution in [3.05, 3.63) is 247 Å². The third-order valence-corrected chi connectivity index (χ3v) is 11.8. The lowest BCUT2D eigenvalue weighted by Crippen LogP contribution is -2.32. The Bertz CT molecular complexity index is 2870. The summed E-state index contributed by atoms with van der Waals surface area (Å²) in [5.41, 5.74) is 17.2. The molecule has 1 heterocycles. The number of ether oxygens (including phenoxy) is 1. The van der Waals surface area contributed by atoms with Crippen molar-refractivity contribution >= 4 is 17.1 Å². The summed E-state index contributed by atoms with van der Waals surface area (Å²) in [7, 11) is 0. The van der Waals surface area contributed by atoms with Crippen molar-refractivity contribution in [2.24, 2.45) is 0 Å². The summed E-state index contributed by atoms with van der Waals surface area (Å²) < 4.78 is 6.94. The molecule has 9 aromatic carbocycles. The molecule has 0 unspecified atom stereocenters. The first kappa shape index (κ1) is 33.0. The molecule has 0 radical (unpaired) electrons. The summed E-state index contributed by atoms with van der Waals surface area (Å²) in [5.74, 6) is 1.74. The molecule has 2 aliphatic rings. The van der Waals surface area contributed by atoms with Crippen molar-refractivity contribution in [3.63, 3.8) is 0 Å². The normalized spacial score (nSPS) is 12.8. The predicted octanol–water partition coefficient (Wildman–Crippen LogP) is 14.6. The van der Waals surface area contributed by atoms with Gasteiger partial charge in [0.2, 0.25) is 0 Å². The molecule has 1 aliphatic carbocycles. The second-order valence-corrected chi connectivity index (χ2v) is 14.8. The van der Waals surface area contributed by atoms with Gasteiger partial charge in [-0.05, 0) is 92.0 Å². The van der Waals surface area contributed by atoms with Crippen LogP contribution in [0.5, 0.6) is 11.5 Å². The second kappa shape index (κ2) is 13.4. The number of para-hydroxylation sites is 1. The molecule has 0 fully saturated rings. The first-order valence-corrected chi connectivity index (χ1v) is 19.6. The van der Waals surface area contributed by atoms with Gasteiger partial charge in [-0.25, -0.2) is 0 Å². The van der Waals surface area contributed by atoms with Crippen LogP contribution >= 0.6 is 0 Å². The van der Waals surface area contributed by atoms with Gasteiger partial charge in [0.05, 0.1) is 5.41 Å². The Hall–Kier alpha value is -7.42. The Kier molecular flexibility index (Phi) is 7.75. The fourth-order valence-electron chi connectivity index (χ4n) is 9.26. The van der Waals surface area contributed by atoms with Crippen molar-refractivity contribution in [2.45, 2.75) is 5.41 Å². The Morgan fingerprint density at radius 2 is 0.684 bits per heavy atom. The van der Waals surface area contributed by atoms with Gasteiger partial charge in [-0.3, -0.25) is 0 Å². The average Bonchev–Trinajstić information content (AvgIpc) is 3.58. The van der Waals surface area contributed by atoms with Crippen LogP contribution in [0.3, 0.4) is 0 Å². The van der Waals surface area contributed by atoms with Crippen LogP contribution in [-0.2, 0) is 5.41 Å². The van der Waals surface area contributed by atoms with E-state index in [-0.39, 0.29) is 0 Å². The van der Waals surface area contributed by atoms with E-state index in [0.29, 0.717) is 0 Å². The smallest absolute Gasteiger partial charge is 0.134 e. The van der Waals surface area contributed by atoms with Crippen molar-refractivity contribution in [2.75, 3.05) is 4.90 Å². The number of hydrogen-bond donors (Lipinski definition) is 0. The molecular formula is C55H37NO. The number of fused-ring (bicyclic) bond motifs is 9. The van der Waals surface area contributed by atoms with Crippen LogP contribution < -0.4 is 9.64 Å². The summed E-state index contributed by atoms with van der Waals surface area (Å²) >= 11 is 0. The Morgan fingerprint density at radius 1 is 0.281 bits per heavy atom. The minimum atomic E-state index is -0.508. The summed E-state index contributed by atoms with van der Waals surface area (Å²) in [6.07, 6.45) is 0. The van der Waals surface area contributed by atoms with Crippen LogP contribution in [0.2, 0.25) is 0 Å². The van der Waals surface area contributed by atoms with E-state index >= 15 is 0 Å². The van der Waals surface area contributed by atoms with Crippen molar-refractivity contribution < 1.29 is 4.74 Å². The van der Waals surface area contributed by atoms with Gasteiger partial charge in [-0.1, -0.05) is 182 Å². The molecule has 0 N–H and O–H groups in total. The zero-order chi connectivity index (χ0) is 37.8. The van der Waals surface area contributed by atoms with E-state index in [1.165, 1.54) is 61.2 Å². The Balaban J connectivity index is 1.07. The third-order valence-electron chi connectivity index (χ3n) is 11.8. The largest absolute Gasteiger partial charge is 0.457 e. The van der Waals surface area contributed by atoms with Gasteiger partial charge < -0.3 is 9.64 Å². The first-order chi connectivity index (χ1) is 28.3. The monoisotopic (exact) mass is 727 g/mol. The molecule has 268 valence electrons. The van der Waals surface area contributed by atoms with E-state index in [2.05, 4.69) is 229 Å². The summed E-state index contributed by atoms with van der Waals surface area (Å²) in [6, 6.07) is 80.8. The molecule has 11 rings (SSSR count). The van der Waals surface area contributed by atoms with Gasteiger partial charge in [-0.15, -0.1) is 0 Å². The molecule has 1 spiro atoms. The number of nitrogens with zero attached hydrogens (tertiary/aromatic N) is 1.